The van der Waals surface area contributed by atoms with Gasteiger partial charge in [0.2, 0.25) is 0 Å². The molecule has 110 valence electrons. The van der Waals surface area contributed by atoms with Gasteiger partial charge in [-0.05, 0) is 23.9 Å². The number of rotatable bonds is 4. The second kappa shape index (κ2) is 9.79. The van der Waals surface area contributed by atoms with Gasteiger partial charge in [-0.1, -0.05) is 13.8 Å². The third-order valence-corrected chi connectivity index (χ3v) is 3.60. The number of carbonyl (C=O) groups excluding carboxylic acids is 2. The number of ether oxygens (including phenoxy) is 1. The van der Waals surface area contributed by atoms with Gasteiger partial charge in [-0.15, -0.1) is 4.99 Å². The monoisotopic (exact) mass is 308 g/mol. The first kappa shape index (κ1) is 17.9. The van der Waals surface area contributed by atoms with Gasteiger partial charge >= 0.3 is 18.1 Å². The predicted octanol–water partition coefficient (Wildman–Crippen LogP) is 2.02. The predicted molar refractivity (Wildman–Crippen MR) is 80.2 cm³/mol. The fourth-order valence-corrected chi connectivity index (χ4v) is 2.56. The van der Waals surface area contributed by atoms with E-state index in [9.17, 15) is 9.59 Å². The average molecular weight is 308 g/mol. The molecule has 7 nitrogen and oxygen atoms in total. The first-order valence-corrected chi connectivity index (χ1v) is 7.55. The van der Waals surface area contributed by atoms with Crippen LogP contribution in [-0.2, 0) is 4.74 Å². The molecule has 0 saturated heterocycles. The zero-order chi connectivity index (χ0) is 14.8. The lowest BCUT2D eigenvalue weighted by Gasteiger charge is -2.19. The largest absolute Gasteiger partial charge is 0.468 e. The van der Waals surface area contributed by atoms with Crippen molar-refractivity contribution in [2.24, 2.45) is 4.99 Å². The van der Waals surface area contributed by atoms with E-state index in [1.807, 2.05) is 13.8 Å². The Bertz CT molecular complexity index is 331. The van der Waals surface area contributed by atoms with Crippen molar-refractivity contribution in [2.45, 2.75) is 13.8 Å². The topological polar surface area (TPSA) is 74.2 Å². The molecule has 0 aliphatic heterocycles. The molecule has 0 fully saturated rings. The zero-order valence-electron chi connectivity index (χ0n) is 11.8. The van der Waals surface area contributed by atoms with Gasteiger partial charge in [-0.25, -0.2) is 13.3 Å². The highest BCUT2D eigenvalue weighted by atomic mass is 32.2. The molecule has 0 aliphatic rings. The standard InChI is InChI=1S/C10H20N4O3S2/c1-6-18-14(19-7-2)10(16)12-8(17-5)11-9(15)13(3)4/h6-7H2,1-5H3,(H,11,12,15,16). The van der Waals surface area contributed by atoms with E-state index in [-0.39, 0.29) is 12.1 Å². The van der Waals surface area contributed by atoms with Gasteiger partial charge < -0.3 is 9.64 Å². The van der Waals surface area contributed by atoms with Crippen LogP contribution >= 0.6 is 23.9 Å². The van der Waals surface area contributed by atoms with E-state index >= 15 is 0 Å². The number of nitrogens with one attached hydrogen (secondary N) is 1. The number of nitrogens with zero attached hydrogens (tertiary/aromatic N) is 3. The molecule has 0 unspecified atom stereocenters. The van der Waals surface area contributed by atoms with Gasteiger partial charge in [0.15, 0.2) is 0 Å². The van der Waals surface area contributed by atoms with E-state index in [1.54, 1.807) is 14.1 Å². The van der Waals surface area contributed by atoms with Crippen LogP contribution in [0.1, 0.15) is 13.8 Å². The molecular weight excluding hydrogens is 288 g/mol. The Labute approximate surface area is 122 Å². The van der Waals surface area contributed by atoms with Crippen LogP contribution in [0.2, 0.25) is 0 Å². The second-order valence-electron chi connectivity index (χ2n) is 3.32. The third-order valence-electron chi connectivity index (χ3n) is 1.65. The van der Waals surface area contributed by atoms with Crippen molar-refractivity contribution in [3.05, 3.63) is 0 Å². The number of amides is 4. The average Bonchev–Trinajstić information content (AvgIpc) is 2.37. The Balaban J connectivity index is 4.67. The van der Waals surface area contributed by atoms with Gasteiger partial charge in [0, 0.05) is 25.6 Å². The number of hydrogen-bond donors (Lipinski definition) is 1. The summed E-state index contributed by atoms with van der Waals surface area (Å²) in [7, 11) is 4.46. The van der Waals surface area contributed by atoms with Crippen LogP contribution < -0.4 is 5.32 Å². The molecule has 4 amide bonds. The van der Waals surface area contributed by atoms with Crippen LogP contribution in [-0.4, -0.2) is 59.4 Å². The van der Waals surface area contributed by atoms with E-state index in [2.05, 4.69) is 10.3 Å². The van der Waals surface area contributed by atoms with Crippen LogP contribution in [0.5, 0.6) is 0 Å². The maximum absolute atomic E-state index is 11.9. The van der Waals surface area contributed by atoms with E-state index in [0.717, 1.165) is 11.5 Å². The van der Waals surface area contributed by atoms with Crippen LogP contribution in [0.25, 0.3) is 0 Å². The fourth-order valence-electron chi connectivity index (χ4n) is 0.838. The minimum Gasteiger partial charge on any atom is -0.468 e. The summed E-state index contributed by atoms with van der Waals surface area (Å²) < 4.78 is 6.37. The smallest absolute Gasteiger partial charge is 0.347 e. The number of carbonyl (C=O) groups is 2. The minimum absolute atomic E-state index is 0.123. The normalized spacial score (nSPS) is 10.9. The molecule has 0 atom stereocenters. The molecule has 9 heteroatoms. The number of urea groups is 2. The minimum atomic E-state index is -0.505. The zero-order valence-corrected chi connectivity index (χ0v) is 13.4. The molecule has 0 bridgehead atoms. The summed E-state index contributed by atoms with van der Waals surface area (Å²) in [5, 5.41) is 2.45. The molecule has 0 rings (SSSR count). The fraction of sp³-hybridized carbons (Fsp3) is 0.700. The van der Waals surface area contributed by atoms with Crippen molar-refractivity contribution < 1.29 is 14.3 Å². The molecule has 0 spiro atoms. The molecule has 0 radical (unpaired) electrons. The molecule has 0 aliphatic carbocycles. The first-order valence-electron chi connectivity index (χ1n) is 5.67. The number of hydrogen-bond acceptors (Lipinski definition) is 5. The Kier molecular flexibility index (Phi) is 9.23. The first-order chi connectivity index (χ1) is 8.96. The lowest BCUT2D eigenvalue weighted by atomic mass is 10.8. The Morgan fingerprint density at radius 2 is 1.74 bits per heavy atom. The quantitative estimate of drug-likeness (QED) is 0.488. The number of aliphatic imine (C=N–C) groups is 1. The number of methoxy groups -OCH3 is 1. The highest BCUT2D eigenvalue weighted by Crippen LogP contribution is 2.20. The molecular formula is C10H20N4O3S2. The lowest BCUT2D eigenvalue weighted by molar-refractivity contribution is 0.225. The van der Waals surface area contributed by atoms with Crippen molar-refractivity contribution in [3.63, 3.8) is 0 Å². The van der Waals surface area contributed by atoms with Gasteiger partial charge in [-0.2, -0.15) is 0 Å². The van der Waals surface area contributed by atoms with Gasteiger partial charge in [-0.3, -0.25) is 5.32 Å². The molecule has 0 aromatic heterocycles. The van der Waals surface area contributed by atoms with Crippen LogP contribution in [0, 0.1) is 0 Å². The van der Waals surface area contributed by atoms with E-state index < -0.39 is 6.03 Å². The summed E-state index contributed by atoms with van der Waals surface area (Å²) in [6.45, 7) is 3.89. The van der Waals surface area contributed by atoms with Gasteiger partial charge in [0.25, 0.3) is 0 Å². The summed E-state index contributed by atoms with van der Waals surface area (Å²) in [6.07, 6.45) is 0. The van der Waals surface area contributed by atoms with Gasteiger partial charge in [0.05, 0.1) is 7.11 Å². The maximum Gasteiger partial charge on any atom is 0.347 e. The SMILES string of the molecule is CCSN(SCC)C(=O)NC(=NC(=O)N(C)C)OC. The van der Waals surface area contributed by atoms with Crippen molar-refractivity contribution in [1.29, 1.82) is 0 Å². The summed E-state index contributed by atoms with van der Waals surface area (Å²) in [5.74, 6) is 1.52. The van der Waals surface area contributed by atoms with Crippen molar-refractivity contribution in [3.8, 4) is 0 Å². The summed E-state index contributed by atoms with van der Waals surface area (Å²) in [5.41, 5.74) is 0. The molecule has 0 aromatic rings. The molecule has 0 heterocycles. The molecule has 19 heavy (non-hydrogen) atoms. The highest BCUT2D eigenvalue weighted by Gasteiger charge is 2.17. The summed E-state index contributed by atoms with van der Waals surface area (Å²) in [6, 6.07) is -1.01. The Morgan fingerprint density at radius 3 is 2.11 bits per heavy atom. The van der Waals surface area contributed by atoms with E-state index in [4.69, 9.17) is 4.74 Å². The highest BCUT2D eigenvalue weighted by molar-refractivity contribution is 8.12. The van der Waals surface area contributed by atoms with Crippen LogP contribution in [0.4, 0.5) is 9.59 Å². The van der Waals surface area contributed by atoms with Crippen LogP contribution in [0.3, 0.4) is 0 Å². The van der Waals surface area contributed by atoms with Crippen molar-refractivity contribution in [1.82, 2.24) is 13.9 Å². The van der Waals surface area contributed by atoms with Crippen molar-refractivity contribution >= 4 is 42.0 Å². The summed E-state index contributed by atoms with van der Waals surface area (Å²) in [4.78, 5) is 28.3. The van der Waals surface area contributed by atoms with Crippen LogP contribution in [0.15, 0.2) is 4.99 Å². The number of amidine groups is 1. The summed E-state index contributed by atoms with van der Waals surface area (Å²) >= 11 is 2.73. The van der Waals surface area contributed by atoms with E-state index in [1.165, 1.54) is 39.6 Å². The van der Waals surface area contributed by atoms with E-state index in [0.29, 0.717) is 0 Å². The lowest BCUT2D eigenvalue weighted by Crippen LogP contribution is -2.38. The third kappa shape index (κ3) is 7.16. The molecule has 1 N–H and O–H groups in total. The molecule has 0 saturated carbocycles. The Morgan fingerprint density at radius 1 is 1.21 bits per heavy atom. The van der Waals surface area contributed by atoms with Gasteiger partial charge in [0.1, 0.15) is 0 Å². The molecule has 0 aromatic carbocycles. The second-order valence-corrected chi connectivity index (χ2v) is 5.95. The maximum atomic E-state index is 11.9. The Hall–Kier alpha value is -1.09. The van der Waals surface area contributed by atoms with Crippen molar-refractivity contribution in [2.75, 3.05) is 32.7 Å².